The topological polar surface area (TPSA) is 183 Å². The molecule has 0 aliphatic rings. The number of carbonyl (C=O) groups excluding carboxylic acids is 5. The van der Waals surface area contributed by atoms with Crippen LogP contribution in [0.2, 0.25) is 0 Å². The lowest BCUT2D eigenvalue weighted by molar-refractivity contribution is -0.141. The highest BCUT2D eigenvalue weighted by molar-refractivity contribution is 8.00. The van der Waals surface area contributed by atoms with E-state index in [1.807, 2.05) is 76.2 Å². The van der Waals surface area contributed by atoms with Crippen LogP contribution in [0.15, 0.2) is 0 Å². The van der Waals surface area contributed by atoms with Crippen LogP contribution in [0.25, 0.3) is 0 Å². The van der Waals surface area contributed by atoms with Crippen LogP contribution in [0.4, 0.5) is 0 Å². The van der Waals surface area contributed by atoms with Gasteiger partial charge in [0.05, 0.1) is 23.5 Å². The maximum atomic E-state index is 13.1. The van der Waals surface area contributed by atoms with Gasteiger partial charge in [-0.3, -0.25) is 28.8 Å². The largest absolute Gasteiger partial charge is 0.481 e. The van der Waals surface area contributed by atoms with Gasteiger partial charge in [-0.1, -0.05) is 62.3 Å². The number of rotatable bonds is 29. The van der Waals surface area contributed by atoms with Crippen molar-refractivity contribution < 1.29 is 38.6 Å². The van der Waals surface area contributed by atoms with Crippen LogP contribution in [0.1, 0.15) is 115 Å². The Balaban J connectivity index is 4.69. The molecule has 0 saturated heterocycles. The smallest absolute Gasteiger partial charge is 0.303 e. The molecule has 0 aliphatic heterocycles. The molecule has 0 rings (SSSR count). The van der Waals surface area contributed by atoms with Crippen LogP contribution in [-0.4, -0.2) is 119 Å². The highest BCUT2D eigenvalue weighted by atomic mass is 32.2. The number of hydrogen-bond acceptors (Lipinski definition) is 9. The Morgan fingerprint density at radius 2 is 1.25 bits per heavy atom. The van der Waals surface area contributed by atoms with Crippen molar-refractivity contribution in [3.05, 3.63) is 0 Å². The first kappa shape index (κ1) is 50.5. The van der Waals surface area contributed by atoms with Crippen molar-refractivity contribution in [2.45, 2.75) is 131 Å². The second-order valence-electron chi connectivity index (χ2n) is 16.4. The average molecular weight is 790 g/mol. The number of nitrogens with one attached hydrogen (secondary N) is 4. The minimum absolute atomic E-state index is 0.00609. The van der Waals surface area contributed by atoms with Crippen LogP contribution < -0.4 is 21.3 Å². The Labute approximate surface area is 327 Å². The molecular weight excluding hydrogens is 719 g/mol. The van der Waals surface area contributed by atoms with Gasteiger partial charge in [-0.05, 0) is 54.9 Å². The molecule has 0 aromatic heterocycles. The van der Waals surface area contributed by atoms with Gasteiger partial charge < -0.3 is 36.0 Å². The third-order valence-corrected chi connectivity index (χ3v) is 10.5. The summed E-state index contributed by atoms with van der Waals surface area (Å²) in [6, 6.07) is 0. The molecule has 0 aromatic carbocycles. The molecule has 308 valence electrons. The van der Waals surface area contributed by atoms with Gasteiger partial charge in [0.2, 0.25) is 29.5 Å². The number of carbonyl (C=O) groups is 6. The van der Waals surface area contributed by atoms with Gasteiger partial charge in [-0.25, -0.2) is 0 Å². The molecule has 5 amide bonds. The van der Waals surface area contributed by atoms with Crippen molar-refractivity contribution in [2.24, 2.45) is 16.7 Å². The minimum Gasteiger partial charge on any atom is -0.481 e. The number of carboxylic acids is 1. The molecule has 0 aromatic rings. The van der Waals surface area contributed by atoms with E-state index < -0.39 is 22.4 Å². The lowest BCUT2D eigenvalue weighted by Gasteiger charge is -2.33. The molecule has 0 bridgehead atoms. The third kappa shape index (κ3) is 26.8. The minimum atomic E-state index is -0.879. The van der Waals surface area contributed by atoms with E-state index in [1.54, 1.807) is 4.90 Å². The number of amides is 5. The molecule has 13 nitrogen and oxygen atoms in total. The van der Waals surface area contributed by atoms with Crippen LogP contribution in [0, 0.1) is 16.7 Å². The van der Waals surface area contributed by atoms with Crippen molar-refractivity contribution >= 4 is 59.0 Å². The fourth-order valence-electron chi connectivity index (χ4n) is 5.54. The molecular formula is C38H71N5O8S2. The van der Waals surface area contributed by atoms with Crippen LogP contribution in [0.5, 0.6) is 0 Å². The summed E-state index contributed by atoms with van der Waals surface area (Å²) in [5.41, 5.74) is -1.71. The summed E-state index contributed by atoms with van der Waals surface area (Å²) in [6.07, 6.45) is 1.78. The number of hydrogen-bond donors (Lipinski definition) is 5. The number of aliphatic carboxylic acids is 1. The average Bonchev–Trinajstić information content (AvgIpc) is 3.02. The summed E-state index contributed by atoms with van der Waals surface area (Å²) in [4.78, 5) is 75.7. The van der Waals surface area contributed by atoms with Gasteiger partial charge in [-0.15, -0.1) is 23.5 Å². The molecule has 53 heavy (non-hydrogen) atoms. The lowest BCUT2D eigenvalue weighted by Crippen LogP contribution is -2.43. The Morgan fingerprint density at radius 3 is 1.74 bits per heavy atom. The Bertz CT molecular complexity index is 1130. The summed E-state index contributed by atoms with van der Waals surface area (Å²) in [6.45, 7) is 23.9. The highest BCUT2D eigenvalue weighted by Gasteiger charge is 2.36. The summed E-state index contributed by atoms with van der Waals surface area (Å²) in [5, 5.41) is 21.4. The molecule has 0 saturated carbocycles. The molecule has 0 heterocycles. The monoisotopic (exact) mass is 789 g/mol. The third-order valence-electron chi connectivity index (χ3n) is 8.35. The molecule has 0 aliphatic carbocycles. The van der Waals surface area contributed by atoms with Crippen molar-refractivity contribution in [1.29, 1.82) is 0 Å². The summed E-state index contributed by atoms with van der Waals surface area (Å²) in [7, 11) is 0. The van der Waals surface area contributed by atoms with Crippen molar-refractivity contribution in [1.82, 2.24) is 26.2 Å². The normalized spacial score (nSPS) is 12.7. The van der Waals surface area contributed by atoms with E-state index in [0.29, 0.717) is 61.0 Å². The quantitative estimate of drug-likeness (QED) is 0.0725. The molecule has 0 spiro atoms. The van der Waals surface area contributed by atoms with Gasteiger partial charge >= 0.3 is 5.97 Å². The molecule has 15 heteroatoms. The highest BCUT2D eigenvalue weighted by Crippen LogP contribution is 2.36. The second kappa shape index (κ2) is 25.5. The summed E-state index contributed by atoms with van der Waals surface area (Å²) in [5.74, 6) is -0.830. The van der Waals surface area contributed by atoms with Crippen molar-refractivity contribution in [3.63, 3.8) is 0 Å². The predicted molar refractivity (Wildman–Crippen MR) is 216 cm³/mol. The maximum absolute atomic E-state index is 13.1. The van der Waals surface area contributed by atoms with Gasteiger partial charge in [0, 0.05) is 64.1 Å². The molecule has 1 atom stereocenters. The van der Waals surface area contributed by atoms with Gasteiger partial charge in [-0.2, -0.15) is 0 Å². The van der Waals surface area contributed by atoms with Crippen LogP contribution in [0.3, 0.4) is 0 Å². The number of nitrogens with zero attached hydrogens (tertiary/aromatic N) is 1. The fraction of sp³-hybridized carbons (Fsp3) is 0.842. The number of carboxylic acid groups (broad SMARTS) is 1. The lowest BCUT2D eigenvalue weighted by atomic mass is 9.73. The molecule has 5 N–H and O–H groups in total. The summed E-state index contributed by atoms with van der Waals surface area (Å²) >= 11 is 3.08. The second-order valence-corrected chi connectivity index (χ2v) is 19.5. The van der Waals surface area contributed by atoms with E-state index in [9.17, 15) is 33.9 Å². The first-order chi connectivity index (χ1) is 24.4. The van der Waals surface area contributed by atoms with Crippen LogP contribution in [-0.2, 0) is 33.5 Å². The van der Waals surface area contributed by atoms with Crippen molar-refractivity contribution in [3.8, 4) is 0 Å². The number of ether oxygens (including phenoxy) is 1. The van der Waals surface area contributed by atoms with Crippen LogP contribution >= 0.6 is 23.5 Å². The Morgan fingerprint density at radius 1 is 0.717 bits per heavy atom. The SMILES string of the molecule is CC(CCOC(C)(C)CCNC(=O)C(C)(C)CC(C)(C)CC(=O)O)CNC(=O)CCC(=O)N(CCNC(=O)CSC(C)C)CCNC(=O)CSC(C)C. The van der Waals surface area contributed by atoms with E-state index in [0.717, 1.165) is 0 Å². The molecule has 0 radical (unpaired) electrons. The standard InChI is InChI=1S/C38H71N5O8S2/c1-27(2)52-24-31(45)39-17-19-43(20-18-40-32(46)25-53-28(3)4)33(47)13-12-30(44)42-23-29(5)14-21-51-38(10,11)15-16-41-35(50)37(8,9)26-36(6,7)22-34(48)49/h27-29H,12-26H2,1-11H3,(H,39,45)(H,40,46)(H,41,50)(H,42,44)(H,48,49). The van der Waals surface area contributed by atoms with E-state index in [1.165, 1.54) is 23.5 Å². The van der Waals surface area contributed by atoms with Crippen molar-refractivity contribution in [2.75, 3.05) is 57.4 Å². The zero-order valence-electron chi connectivity index (χ0n) is 34.4. The predicted octanol–water partition coefficient (Wildman–Crippen LogP) is 4.47. The van der Waals surface area contributed by atoms with Gasteiger partial charge in [0.15, 0.2) is 0 Å². The Hall–Kier alpha value is -2.52. The zero-order valence-corrected chi connectivity index (χ0v) is 36.0. The number of thioether (sulfide) groups is 2. The van der Waals surface area contributed by atoms with E-state index in [-0.39, 0.29) is 80.9 Å². The zero-order chi connectivity index (χ0) is 40.8. The first-order valence-electron chi connectivity index (χ1n) is 18.9. The van der Waals surface area contributed by atoms with Gasteiger partial charge in [0.1, 0.15) is 0 Å². The fourth-order valence-corrected chi connectivity index (χ4v) is 6.71. The van der Waals surface area contributed by atoms with E-state index >= 15 is 0 Å². The van der Waals surface area contributed by atoms with Gasteiger partial charge in [0.25, 0.3) is 0 Å². The molecule has 1 unspecified atom stereocenters. The maximum Gasteiger partial charge on any atom is 0.303 e. The molecule has 0 fully saturated rings. The first-order valence-corrected chi connectivity index (χ1v) is 21.0. The Kier molecular flexibility index (Phi) is 24.3. The van der Waals surface area contributed by atoms with E-state index in [2.05, 4.69) is 21.3 Å². The summed E-state index contributed by atoms with van der Waals surface area (Å²) < 4.78 is 6.11. The van der Waals surface area contributed by atoms with E-state index in [4.69, 9.17) is 4.74 Å².